The first kappa shape index (κ1) is 18.0. The van der Waals surface area contributed by atoms with Gasteiger partial charge in [0.2, 0.25) is 0 Å². The first-order valence-electron chi connectivity index (χ1n) is 6.48. The Morgan fingerprint density at radius 1 is 1.27 bits per heavy atom. The molecule has 0 bridgehead atoms. The molecule has 0 radical (unpaired) electrons. The summed E-state index contributed by atoms with van der Waals surface area (Å²) in [6.07, 6.45) is 0. The molecule has 0 saturated heterocycles. The number of primary amides is 1. The average Bonchev–Trinajstić information content (AvgIpc) is 2.41. The Hall–Kier alpha value is -2.06. The molecule has 0 fully saturated rings. The Morgan fingerprint density at radius 3 is 2.50 bits per heavy atom. The molecule has 0 heterocycles. The predicted octanol–water partition coefficient (Wildman–Crippen LogP) is 1.35. The van der Waals surface area contributed by atoms with Gasteiger partial charge in [0, 0.05) is 10.7 Å². The second-order valence-corrected chi connectivity index (χ2v) is 5.65. The zero-order chi connectivity index (χ0) is 16.7. The lowest BCUT2D eigenvalue weighted by Crippen LogP contribution is -2.55. The van der Waals surface area contributed by atoms with Gasteiger partial charge in [0.05, 0.1) is 0 Å². The molecule has 0 unspecified atom stereocenters. The van der Waals surface area contributed by atoms with Gasteiger partial charge >= 0.3 is 6.03 Å². The SMILES string of the molecule is CC(C)[C@H](NC(N)=O)C(=O)NNC(=S)Nc1cccc(Cl)c1. The average molecular weight is 344 g/mol. The number of nitrogens with one attached hydrogen (secondary N) is 4. The number of carbonyl (C=O) groups excluding carboxylic acids is 2. The second kappa shape index (κ2) is 8.40. The monoisotopic (exact) mass is 343 g/mol. The minimum Gasteiger partial charge on any atom is -0.352 e. The summed E-state index contributed by atoms with van der Waals surface area (Å²) >= 11 is 10.9. The van der Waals surface area contributed by atoms with Gasteiger partial charge in [0.1, 0.15) is 6.04 Å². The summed E-state index contributed by atoms with van der Waals surface area (Å²) in [5.41, 5.74) is 10.7. The van der Waals surface area contributed by atoms with E-state index in [1.165, 1.54) is 0 Å². The van der Waals surface area contributed by atoms with Crippen molar-refractivity contribution >= 4 is 46.6 Å². The molecule has 1 atom stereocenters. The minimum absolute atomic E-state index is 0.135. The van der Waals surface area contributed by atoms with Crippen molar-refractivity contribution in [2.45, 2.75) is 19.9 Å². The van der Waals surface area contributed by atoms with Crippen molar-refractivity contribution < 1.29 is 9.59 Å². The smallest absolute Gasteiger partial charge is 0.312 e. The van der Waals surface area contributed by atoms with Crippen LogP contribution in [0.1, 0.15) is 13.8 Å². The number of rotatable bonds is 4. The number of urea groups is 1. The Labute approximate surface area is 138 Å². The van der Waals surface area contributed by atoms with Crippen LogP contribution in [-0.2, 0) is 4.79 Å². The van der Waals surface area contributed by atoms with E-state index in [0.717, 1.165) is 0 Å². The molecule has 0 aliphatic carbocycles. The van der Waals surface area contributed by atoms with Gasteiger partial charge in [-0.1, -0.05) is 31.5 Å². The molecule has 3 amide bonds. The Morgan fingerprint density at radius 2 is 1.95 bits per heavy atom. The molecule has 120 valence electrons. The number of halogens is 1. The number of nitrogens with two attached hydrogens (primary N) is 1. The highest BCUT2D eigenvalue weighted by molar-refractivity contribution is 7.80. The first-order valence-corrected chi connectivity index (χ1v) is 7.26. The highest BCUT2D eigenvalue weighted by Crippen LogP contribution is 2.14. The summed E-state index contributed by atoms with van der Waals surface area (Å²) in [6.45, 7) is 3.56. The Bertz CT molecular complexity index is 567. The van der Waals surface area contributed by atoms with Crippen molar-refractivity contribution in [3.8, 4) is 0 Å². The first-order chi connectivity index (χ1) is 10.3. The highest BCUT2D eigenvalue weighted by atomic mass is 35.5. The van der Waals surface area contributed by atoms with Crippen LogP contribution in [0.3, 0.4) is 0 Å². The fourth-order valence-electron chi connectivity index (χ4n) is 1.61. The molecule has 0 aliphatic heterocycles. The predicted molar refractivity (Wildman–Crippen MR) is 90.3 cm³/mol. The normalized spacial score (nSPS) is 11.5. The molecule has 22 heavy (non-hydrogen) atoms. The number of hydrazine groups is 1. The standard InChI is InChI=1S/C13H18ClN5O2S/c1-7(2)10(17-12(15)21)11(20)18-19-13(22)16-9-5-3-4-8(14)6-9/h3-7,10H,1-2H3,(H,18,20)(H3,15,17,21)(H2,16,19,22)/t10-/m0/s1. The summed E-state index contributed by atoms with van der Waals surface area (Å²) < 4.78 is 0. The zero-order valence-electron chi connectivity index (χ0n) is 12.1. The molecule has 1 aromatic rings. The van der Waals surface area contributed by atoms with E-state index < -0.39 is 18.0 Å². The molecule has 0 spiro atoms. The van der Waals surface area contributed by atoms with Crippen LogP contribution in [0.25, 0.3) is 0 Å². The lowest BCUT2D eigenvalue weighted by atomic mass is 10.0. The van der Waals surface area contributed by atoms with Gasteiger partial charge in [-0.15, -0.1) is 0 Å². The summed E-state index contributed by atoms with van der Waals surface area (Å²) in [5, 5.41) is 5.96. The number of hydrogen-bond acceptors (Lipinski definition) is 3. The topological polar surface area (TPSA) is 108 Å². The largest absolute Gasteiger partial charge is 0.352 e. The van der Waals surface area contributed by atoms with Gasteiger partial charge in [-0.05, 0) is 36.3 Å². The number of carbonyl (C=O) groups is 2. The van der Waals surface area contributed by atoms with E-state index in [4.69, 9.17) is 29.6 Å². The third kappa shape index (κ3) is 6.15. The summed E-state index contributed by atoms with van der Waals surface area (Å²) in [6, 6.07) is 5.41. The van der Waals surface area contributed by atoms with E-state index in [0.29, 0.717) is 10.7 Å². The maximum atomic E-state index is 12.0. The number of benzene rings is 1. The maximum absolute atomic E-state index is 12.0. The lowest BCUT2D eigenvalue weighted by Gasteiger charge is -2.21. The molecular weight excluding hydrogens is 326 g/mol. The van der Waals surface area contributed by atoms with Crippen LogP contribution in [0.2, 0.25) is 5.02 Å². The lowest BCUT2D eigenvalue weighted by molar-refractivity contribution is -0.124. The van der Waals surface area contributed by atoms with Gasteiger partial charge in [0.25, 0.3) is 5.91 Å². The van der Waals surface area contributed by atoms with Crippen molar-refractivity contribution in [3.63, 3.8) is 0 Å². The van der Waals surface area contributed by atoms with Crippen molar-refractivity contribution in [2.24, 2.45) is 11.7 Å². The summed E-state index contributed by atoms with van der Waals surface area (Å²) in [5.74, 6) is -0.590. The number of amides is 3. The van der Waals surface area contributed by atoms with Crippen LogP contribution in [0.4, 0.5) is 10.5 Å². The summed E-state index contributed by atoms with van der Waals surface area (Å²) in [4.78, 5) is 22.9. The van der Waals surface area contributed by atoms with E-state index in [-0.39, 0.29) is 11.0 Å². The van der Waals surface area contributed by atoms with Gasteiger partial charge in [-0.25, -0.2) is 4.79 Å². The number of anilines is 1. The third-order valence-electron chi connectivity index (χ3n) is 2.63. The third-order valence-corrected chi connectivity index (χ3v) is 3.07. The van der Waals surface area contributed by atoms with E-state index in [9.17, 15) is 9.59 Å². The van der Waals surface area contributed by atoms with Crippen molar-refractivity contribution in [1.29, 1.82) is 0 Å². The van der Waals surface area contributed by atoms with Crippen LogP contribution in [0.15, 0.2) is 24.3 Å². The molecule has 0 saturated carbocycles. The van der Waals surface area contributed by atoms with Gasteiger partial charge in [-0.3, -0.25) is 15.6 Å². The van der Waals surface area contributed by atoms with Crippen LogP contribution in [-0.4, -0.2) is 23.1 Å². The fraction of sp³-hybridized carbons (Fsp3) is 0.308. The van der Waals surface area contributed by atoms with Crippen LogP contribution < -0.4 is 27.2 Å². The Balaban J connectivity index is 2.51. The fourth-order valence-corrected chi connectivity index (χ4v) is 1.97. The van der Waals surface area contributed by atoms with Gasteiger partial charge in [-0.2, -0.15) is 0 Å². The van der Waals surface area contributed by atoms with Gasteiger partial charge in [0.15, 0.2) is 5.11 Å². The van der Waals surface area contributed by atoms with E-state index >= 15 is 0 Å². The second-order valence-electron chi connectivity index (χ2n) is 4.81. The molecule has 1 rings (SSSR count). The van der Waals surface area contributed by atoms with Crippen LogP contribution in [0.5, 0.6) is 0 Å². The van der Waals surface area contributed by atoms with Gasteiger partial charge < -0.3 is 16.4 Å². The van der Waals surface area contributed by atoms with Crippen molar-refractivity contribution in [1.82, 2.24) is 16.2 Å². The maximum Gasteiger partial charge on any atom is 0.312 e. The van der Waals surface area contributed by atoms with Crippen LogP contribution in [0, 0.1) is 5.92 Å². The molecule has 7 nitrogen and oxygen atoms in total. The molecule has 9 heteroatoms. The minimum atomic E-state index is -0.770. The molecule has 0 aliphatic rings. The number of hydrogen-bond donors (Lipinski definition) is 5. The molecule has 1 aromatic carbocycles. The van der Waals surface area contributed by atoms with Crippen molar-refractivity contribution in [3.05, 3.63) is 29.3 Å². The summed E-state index contributed by atoms with van der Waals surface area (Å²) in [7, 11) is 0. The zero-order valence-corrected chi connectivity index (χ0v) is 13.7. The molecular formula is C13H18ClN5O2S. The van der Waals surface area contributed by atoms with E-state index in [1.807, 2.05) is 0 Å². The van der Waals surface area contributed by atoms with Crippen molar-refractivity contribution in [2.75, 3.05) is 5.32 Å². The molecule has 6 N–H and O–H groups in total. The van der Waals surface area contributed by atoms with E-state index in [2.05, 4.69) is 21.5 Å². The molecule has 0 aromatic heterocycles. The van der Waals surface area contributed by atoms with Crippen LogP contribution >= 0.6 is 23.8 Å². The van der Waals surface area contributed by atoms with E-state index in [1.54, 1.807) is 38.1 Å². The number of thiocarbonyl (C=S) groups is 1. The Kier molecular flexibility index (Phi) is 6.87. The highest BCUT2D eigenvalue weighted by Gasteiger charge is 2.23. The quantitative estimate of drug-likeness (QED) is 0.419.